The third kappa shape index (κ3) is 3.21. The number of nitrogens with zero attached hydrogens (tertiary/aromatic N) is 3. The van der Waals surface area contributed by atoms with Crippen LogP contribution >= 0.6 is 0 Å². The molecule has 1 aromatic carbocycles. The second kappa shape index (κ2) is 6.60. The molecule has 1 aromatic rings. The smallest absolute Gasteiger partial charge is 0.161 e. The first-order valence-corrected chi connectivity index (χ1v) is 6.93. The molecule has 5 heteroatoms. The van der Waals surface area contributed by atoms with Crippen molar-refractivity contribution in [3.05, 3.63) is 23.8 Å². The van der Waals surface area contributed by atoms with Gasteiger partial charge in [-0.15, -0.1) is 0 Å². The molecule has 108 valence electrons. The van der Waals surface area contributed by atoms with E-state index in [4.69, 9.17) is 4.74 Å². The van der Waals surface area contributed by atoms with Crippen LogP contribution in [0, 0.1) is 11.3 Å². The molecule has 0 aliphatic carbocycles. The minimum Gasteiger partial charge on any atom is -0.504 e. The molecular weight excluding hydrogens is 254 g/mol. The molecule has 2 rings (SSSR count). The summed E-state index contributed by atoms with van der Waals surface area (Å²) in [4.78, 5) is 4.43. The predicted octanol–water partition coefficient (Wildman–Crippen LogP) is 1.60. The lowest BCUT2D eigenvalue weighted by molar-refractivity contribution is 0.132. The Kier molecular flexibility index (Phi) is 4.83. The summed E-state index contributed by atoms with van der Waals surface area (Å²) >= 11 is 0. The average Bonchev–Trinajstić information content (AvgIpc) is 2.45. The lowest BCUT2D eigenvalue weighted by atomic mass is 10.0. The number of benzene rings is 1. The first-order valence-electron chi connectivity index (χ1n) is 6.93. The van der Waals surface area contributed by atoms with Crippen molar-refractivity contribution in [3.63, 3.8) is 0 Å². The Bertz CT molecular complexity index is 490. The molecular formula is C15H21N3O2. The average molecular weight is 275 g/mol. The van der Waals surface area contributed by atoms with Crippen molar-refractivity contribution in [1.82, 2.24) is 9.80 Å². The normalized spacial score (nSPS) is 18.4. The number of phenols is 1. The molecule has 1 fully saturated rings. The zero-order valence-electron chi connectivity index (χ0n) is 12.0. The van der Waals surface area contributed by atoms with E-state index in [1.807, 2.05) is 6.92 Å². The van der Waals surface area contributed by atoms with Crippen molar-refractivity contribution in [2.24, 2.45) is 0 Å². The maximum absolute atomic E-state index is 9.74. The fraction of sp³-hybridized carbons (Fsp3) is 0.533. The summed E-state index contributed by atoms with van der Waals surface area (Å²) in [5.41, 5.74) is 0.873. The van der Waals surface area contributed by atoms with E-state index in [9.17, 15) is 10.4 Å². The predicted molar refractivity (Wildman–Crippen MR) is 76.7 cm³/mol. The van der Waals surface area contributed by atoms with Crippen LogP contribution < -0.4 is 4.74 Å². The first kappa shape index (κ1) is 14.6. The Balaban J connectivity index is 2.19. The van der Waals surface area contributed by atoms with Crippen molar-refractivity contribution < 1.29 is 9.84 Å². The molecule has 1 aliphatic heterocycles. The third-order valence-electron chi connectivity index (χ3n) is 3.62. The summed E-state index contributed by atoms with van der Waals surface area (Å²) in [6.45, 7) is 6.04. The molecule has 0 spiro atoms. The topological polar surface area (TPSA) is 59.7 Å². The van der Waals surface area contributed by atoms with Gasteiger partial charge in [0.2, 0.25) is 0 Å². The van der Waals surface area contributed by atoms with Gasteiger partial charge in [0.15, 0.2) is 11.5 Å². The molecule has 1 N–H and O–H groups in total. The molecule has 0 aromatic heterocycles. The summed E-state index contributed by atoms with van der Waals surface area (Å²) in [5.74, 6) is 0.560. The molecule has 5 nitrogen and oxygen atoms in total. The molecule has 1 heterocycles. The number of nitriles is 1. The van der Waals surface area contributed by atoms with Crippen LogP contribution in [-0.4, -0.2) is 54.7 Å². The van der Waals surface area contributed by atoms with Crippen molar-refractivity contribution in [2.45, 2.75) is 13.0 Å². The Morgan fingerprint density at radius 2 is 2.05 bits per heavy atom. The van der Waals surface area contributed by atoms with E-state index in [2.05, 4.69) is 22.9 Å². The van der Waals surface area contributed by atoms with Gasteiger partial charge in [-0.2, -0.15) is 5.26 Å². The molecule has 1 aliphatic rings. The number of rotatable bonds is 4. The minimum atomic E-state index is -0.288. The van der Waals surface area contributed by atoms with Crippen molar-refractivity contribution in [3.8, 4) is 17.6 Å². The maximum atomic E-state index is 9.74. The summed E-state index contributed by atoms with van der Waals surface area (Å²) in [5, 5.41) is 19.2. The van der Waals surface area contributed by atoms with E-state index >= 15 is 0 Å². The van der Waals surface area contributed by atoms with Gasteiger partial charge in [-0.3, -0.25) is 4.90 Å². The van der Waals surface area contributed by atoms with E-state index in [-0.39, 0.29) is 11.8 Å². The third-order valence-corrected chi connectivity index (χ3v) is 3.62. The Hall–Kier alpha value is -1.77. The number of phenolic OH excluding ortho intramolecular Hbond substituents is 1. The fourth-order valence-electron chi connectivity index (χ4n) is 2.42. The van der Waals surface area contributed by atoms with E-state index in [1.165, 1.54) is 0 Å². The standard InChI is InChI=1S/C15H21N3O2/c1-3-20-15-10-12(4-5-14(15)19)13(11-16)18-8-6-17(2)7-9-18/h4-5,10,13,19H,3,6-9H2,1-2H3. The second-order valence-electron chi connectivity index (χ2n) is 5.03. The summed E-state index contributed by atoms with van der Waals surface area (Å²) < 4.78 is 5.39. The monoisotopic (exact) mass is 275 g/mol. The van der Waals surface area contributed by atoms with Gasteiger partial charge < -0.3 is 14.7 Å². The SMILES string of the molecule is CCOc1cc(C(C#N)N2CCN(C)CC2)ccc1O. The van der Waals surface area contributed by atoms with Gasteiger partial charge in [-0.25, -0.2) is 0 Å². The molecule has 0 bridgehead atoms. The first-order chi connectivity index (χ1) is 9.65. The van der Waals surface area contributed by atoms with E-state index < -0.39 is 0 Å². The summed E-state index contributed by atoms with van der Waals surface area (Å²) in [6.07, 6.45) is 0. The van der Waals surface area contributed by atoms with Crippen LogP contribution in [0.5, 0.6) is 11.5 Å². The van der Waals surface area contributed by atoms with E-state index in [1.54, 1.807) is 18.2 Å². The van der Waals surface area contributed by atoms with Crippen LogP contribution in [0.15, 0.2) is 18.2 Å². The summed E-state index contributed by atoms with van der Waals surface area (Å²) in [6, 6.07) is 7.24. The minimum absolute atomic E-state index is 0.116. The lowest BCUT2D eigenvalue weighted by Crippen LogP contribution is -2.45. The van der Waals surface area contributed by atoms with Crippen LogP contribution in [0.2, 0.25) is 0 Å². The molecule has 1 saturated heterocycles. The van der Waals surface area contributed by atoms with E-state index in [0.29, 0.717) is 12.4 Å². The number of aromatic hydroxyl groups is 1. The molecule has 0 saturated carbocycles. The quantitative estimate of drug-likeness (QED) is 0.904. The number of hydrogen-bond donors (Lipinski definition) is 1. The number of hydrogen-bond acceptors (Lipinski definition) is 5. The molecule has 20 heavy (non-hydrogen) atoms. The van der Waals surface area contributed by atoms with Gasteiger partial charge in [0, 0.05) is 26.2 Å². The largest absolute Gasteiger partial charge is 0.504 e. The highest BCUT2D eigenvalue weighted by Crippen LogP contribution is 2.31. The second-order valence-corrected chi connectivity index (χ2v) is 5.03. The van der Waals surface area contributed by atoms with Crippen molar-refractivity contribution >= 4 is 0 Å². The van der Waals surface area contributed by atoms with Crippen molar-refractivity contribution in [2.75, 3.05) is 39.8 Å². The van der Waals surface area contributed by atoms with Gasteiger partial charge in [-0.05, 0) is 31.7 Å². The van der Waals surface area contributed by atoms with Gasteiger partial charge in [-0.1, -0.05) is 6.07 Å². The van der Waals surface area contributed by atoms with Crippen LogP contribution in [0.25, 0.3) is 0 Å². The van der Waals surface area contributed by atoms with Crippen LogP contribution in [-0.2, 0) is 0 Å². The van der Waals surface area contributed by atoms with Crippen LogP contribution in [0.1, 0.15) is 18.5 Å². The van der Waals surface area contributed by atoms with Gasteiger partial charge in [0.1, 0.15) is 6.04 Å². The zero-order chi connectivity index (χ0) is 14.5. The van der Waals surface area contributed by atoms with Crippen LogP contribution in [0.4, 0.5) is 0 Å². The molecule has 1 atom stereocenters. The van der Waals surface area contributed by atoms with Gasteiger partial charge in [0.05, 0.1) is 12.7 Å². The van der Waals surface area contributed by atoms with Crippen molar-refractivity contribution in [1.29, 1.82) is 5.26 Å². The summed E-state index contributed by atoms with van der Waals surface area (Å²) in [7, 11) is 2.09. The maximum Gasteiger partial charge on any atom is 0.161 e. The highest BCUT2D eigenvalue weighted by Gasteiger charge is 2.24. The van der Waals surface area contributed by atoms with Gasteiger partial charge in [0.25, 0.3) is 0 Å². The number of piperazine rings is 1. The van der Waals surface area contributed by atoms with E-state index in [0.717, 1.165) is 31.7 Å². The highest BCUT2D eigenvalue weighted by molar-refractivity contribution is 5.43. The Morgan fingerprint density at radius 3 is 2.65 bits per heavy atom. The Morgan fingerprint density at radius 1 is 1.35 bits per heavy atom. The molecule has 1 unspecified atom stereocenters. The highest BCUT2D eigenvalue weighted by atomic mass is 16.5. The molecule has 0 radical (unpaired) electrons. The van der Waals surface area contributed by atoms with Crippen LogP contribution in [0.3, 0.4) is 0 Å². The molecule has 0 amide bonds. The Labute approximate surface area is 120 Å². The number of likely N-dealkylation sites (N-methyl/N-ethyl adjacent to an activating group) is 1. The lowest BCUT2D eigenvalue weighted by Gasteiger charge is -2.35. The number of ether oxygens (including phenoxy) is 1. The zero-order valence-corrected chi connectivity index (χ0v) is 12.0. The van der Waals surface area contributed by atoms with Gasteiger partial charge >= 0.3 is 0 Å². The fourth-order valence-corrected chi connectivity index (χ4v) is 2.42.